The van der Waals surface area contributed by atoms with E-state index in [0.717, 1.165) is 19.4 Å². The van der Waals surface area contributed by atoms with Crippen LogP contribution in [0.25, 0.3) is 0 Å². The summed E-state index contributed by atoms with van der Waals surface area (Å²) in [6, 6.07) is 3.70. The van der Waals surface area contributed by atoms with Gasteiger partial charge in [0.2, 0.25) is 0 Å². The second kappa shape index (κ2) is 7.17. The second-order valence-corrected chi connectivity index (χ2v) is 8.18. The molecule has 0 saturated carbocycles. The van der Waals surface area contributed by atoms with Crippen LogP contribution in [0.5, 0.6) is 0 Å². The summed E-state index contributed by atoms with van der Waals surface area (Å²) in [6.07, 6.45) is 7.05. The van der Waals surface area contributed by atoms with Gasteiger partial charge in [-0.15, -0.1) is 12.3 Å². The molecule has 0 aliphatic heterocycles. The van der Waals surface area contributed by atoms with E-state index in [-0.39, 0.29) is 0 Å². The van der Waals surface area contributed by atoms with Crippen LogP contribution in [0.2, 0.25) is 18.1 Å². The summed E-state index contributed by atoms with van der Waals surface area (Å²) in [7, 11) is -1.34. The van der Waals surface area contributed by atoms with E-state index in [9.17, 15) is 0 Å². The van der Waals surface area contributed by atoms with Crippen LogP contribution in [-0.4, -0.2) is 14.9 Å². The maximum Gasteiger partial charge on any atom is 0.191 e. The Labute approximate surface area is 84.0 Å². The van der Waals surface area contributed by atoms with E-state index in [2.05, 4.69) is 26.7 Å². The Bertz CT molecular complexity index is 148. The number of rotatable bonds is 7. The average molecular weight is 198 g/mol. The van der Waals surface area contributed by atoms with Gasteiger partial charge in [0, 0.05) is 13.0 Å². The van der Waals surface area contributed by atoms with Crippen molar-refractivity contribution in [1.29, 1.82) is 0 Å². The Morgan fingerprint density at radius 3 is 2.08 bits per heavy atom. The molecule has 0 amide bonds. The molecular weight excluding hydrogens is 176 g/mol. The average Bonchev–Trinajstić information content (AvgIpc) is 2.20. The first-order valence-electron chi connectivity index (χ1n) is 5.32. The Morgan fingerprint density at radius 2 is 1.69 bits per heavy atom. The summed E-state index contributed by atoms with van der Waals surface area (Å²) < 4.78 is 6.02. The van der Waals surface area contributed by atoms with Gasteiger partial charge in [-0.25, -0.2) is 0 Å². The monoisotopic (exact) mass is 198 g/mol. The van der Waals surface area contributed by atoms with Gasteiger partial charge in [-0.1, -0.05) is 20.8 Å². The van der Waals surface area contributed by atoms with Crippen LogP contribution in [0.3, 0.4) is 0 Å². The quantitative estimate of drug-likeness (QED) is 0.346. The number of unbranched alkanes of at least 4 members (excludes halogenated alkanes) is 1. The fourth-order valence-corrected chi connectivity index (χ4v) is 4.21. The lowest BCUT2D eigenvalue weighted by Crippen LogP contribution is -2.36. The molecule has 0 rings (SSSR count). The molecule has 0 atom stereocenters. The third-order valence-corrected chi connectivity index (χ3v) is 7.49. The van der Waals surface area contributed by atoms with Crippen LogP contribution in [0.15, 0.2) is 0 Å². The predicted molar refractivity (Wildman–Crippen MR) is 61.2 cm³/mol. The lowest BCUT2D eigenvalue weighted by atomic mass is 10.3. The highest BCUT2D eigenvalue weighted by Crippen LogP contribution is 2.21. The van der Waals surface area contributed by atoms with Gasteiger partial charge in [-0.3, -0.25) is 0 Å². The molecule has 13 heavy (non-hydrogen) atoms. The van der Waals surface area contributed by atoms with Crippen LogP contribution in [0, 0.1) is 12.3 Å². The third kappa shape index (κ3) is 4.49. The van der Waals surface area contributed by atoms with E-state index in [0.29, 0.717) is 0 Å². The van der Waals surface area contributed by atoms with Crippen LogP contribution in [0.4, 0.5) is 0 Å². The zero-order valence-electron chi connectivity index (χ0n) is 9.23. The molecule has 2 heteroatoms. The molecule has 0 aromatic rings. The van der Waals surface area contributed by atoms with Gasteiger partial charge in [0.05, 0.1) is 0 Å². The lowest BCUT2D eigenvalue weighted by molar-refractivity contribution is 0.295. The van der Waals surface area contributed by atoms with E-state index in [1.54, 1.807) is 0 Å². The van der Waals surface area contributed by atoms with Crippen LogP contribution < -0.4 is 0 Å². The van der Waals surface area contributed by atoms with E-state index in [1.807, 2.05) is 0 Å². The third-order valence-electron chi connectivity index (χ3n) is 2.81. The number of terminal acetylenes is 1. The van der Waals surface area contributed by atoms with Crippen molar-refractivity contribution < 1.29 is 4.43 Å². The predicted octanol–water partition coefficient (Wildman–Crippen LogP) is 3.42. The molecule has 0 radical (unpaired) electrons. The molecule has 0 saturated heterocycles. The molecule has 0 bridgehead atoms. The molecular formula is C11H22OSi. The van der Waals surface area contributed by atoms with Gasteiger partial charge < -0.3 is 4.43 Å². The number of hydrogen-bond donors (Lipinski definition) is 0. The minimum Gasteiger partial charge on any atom is -0.417 e. The molecule has 0 heterocycles. The summed E-state index contributed by atoms with van der Waals surface area (Å²) in [4.78, 5) is 0. The Hall–Kier alpha value is -0.263. The standard InChI is InChI=1S/C11H22OSi/c1-5-9-10-11-12-13(6-2,7-3)8-4/h1H,6-11H2,2-4H3. The minimum absolute atomic E-state index is 0.849. The molecule has 0 N–H and O–H groups in total. The van der Waals surface area contributed by atoms with Gasteiger partial charge in [0.15, 0.2) is 8.32 Å². The highest BCUT2D eigenvalue weighted by atomic mass is 28.4. The summed E-state index contributed by atoms with van der Waals surface area (Å²) >= 11 is 0. The van der Waals surface area contributed by atoms with Gasteiger partial charge in [0.25, 0.3) is 0 Å². The highest BCUT2D eigenvalue weighted by molar-refractivity contribution is 6.73. The molecule has 1 nitrogen and oxygen atoms in total. The van der Waals surface area contributed by atoms with Crippen LogP contribution in [0.1, 0.15) is 33.6 Å². The lowest BCUT2D eigenvalue weighted by Gasteiger charge is -2.27. The van der Waals surface area contributed by atoms with Crippen molar-refractivity contribution in [3.8, 4) is 12.3 Å². The van der Waals surface area contributed by atoms with Crippen LogP contribution >= 0.6 is 0 Å². The highest BCUT2D eigenvalue weighted by Gasteiger charge is 2.27. The fraction of sp³-hybridized carbons (Fsp3) is 0.818. The van der Waals surface area contributed by atoms with Crippen molar-refractivity contribution in [2.24, 2.45) is 0 Å². The number of hydrogen-bond acceptors (Lipinski definition) is 1. The van der Waals surface area contributed by atoms with Crippen molar-refractivity contribution in [1.82, 2.24) is 0 Å². The summed E-state index contributed by atoms with van der Waals surface area (Å²) in [6.45, 7) is 7.62. The first-order chi connectivity index (χ1) is 6.24. The molecule has 0 aromatic carbocycles. The normalized spacial score (nSPS) is 11.2. The Kier molecular flexibility index (Phi) is 7.03. The van der Waals surface area contributed by atoms with Crippen molar-refractivity contribution in [2.75, 3.05) is 6.61 Å². The van der Waals surface area contributed by atoms with Gasteiger partial charge >= 0.3 is 0 Å². The minimum atomic E-state index is -1.34. The molecule has 0 aromatic heterocycles. The van der Waals surface area contributed by atoms with E-state index < -0.39 is 8.32 Å². The first-order valence-corrected chi connectivity index (χ1v) is 7.85. The smallest absolute Gasteiger partial charge is 0.191 e. The van der Waals surface area contributed by atoms with E-state index >= 15 is 0 Å². The summed E-state index contributed by atoms with van der Waals surface area (Å²) in [5.74, 6) is 2.64. The Morgan fingerprint density at radius 1 is 1.15 bits per heavy atom. The maximum atomic E-state index is 6.02. The first kappa shape index (κ1) is 12.7. The van der Waals surface area contributed by atoms with Crippen molar-refractivity contribution >= 4 is 8.32 Å². The van der Waals surface area contributed by atoms with Crippen molar-refractivity contribution in [2.45, 2.75) is 51.7 Å². The van der Waals surface area contributed by atoms with Gasteiger partial charge in [-0.05, 0) is 24.6 Å². The van der Waals surface area contributed by atoms with Crippen LogP contribution in [-0.2, 0) is 4.43 Å². The molecule has 0 unspecified atom stereocenters. The largest absolute Gasteiger partial charge is 0.417 e. The van der Waals surface area contributed by atoms with E-state index in [1.165, 1.54) is 18.1 Å². The molecule has 0 aliphatic carbocycles. The van der Waals surface area contributed by atoms with E-state index in [4.69, 9.17) is 10.8 Å². The van der Waals surface area contributed by atoms with Gasteiger partial charge in [0.1, 0.15) is 0 Å². The molecule has 76 valence electrons. The molecule has 0 aliphatic rings. The van der Waals surface area contributed by atoms with Crippen molar-refractivity contribution in [3.05, 3.63) is 0 Å². The SMILES string of the molecule is C#CCCCO[Si](CC)(CC)CC. The van der Waals surface area contributed by atoms with Gasteiger partial charge in [-0.2, -0.15) is 0 Å². The second-order valence-electron chi connectivity index (χ2n) is 3.40. The zero-order valence-corrected chi connectivity index (χ0v) is 10.2. The molecule has 0 spiro atoms. The zero-order chi connectivity index (χ0) is 10.2. The summed E-state index contributed by atoms with van der Waals surface area (Å²) in [5, 5.41) is 0. The maximum absolute atomic E-state index is 6.02. The Balaban J connectivity index is 3.76. The molecule has 0 fully saturated rings. The summed E-state index contributed by atoms with van der Waals surface area (Å²) in [5.41, 5.74) is 0. The topological polar surface area (TPSA) is 9.23 Å². The van der Waals surface area contributed by atoms with Crippen molar-refractivity contribution in [3.63, 3.8) is 0 Å². The fourth-order valence-electron chi connectivity index (χ4n) is 1.52.